The van der Waals surface area contributed by atoms with Crippen molar-refractivity contribution in [3.8, 4) is 0 Å². The minimum atomic E-state index is -2.17. The molecular formula is C17H22OSi2. The van der Waals surface area contributed by atoms with Crippen LogP contribution >= 0.6 is 0 Å². The average Bonchev–Trinajstić information content (AvgIpc) is 2.48. The molecule has 3 heteroatoms. The third kappa shape index (κ3) is 3.18. The Bertz CT molecular complexity index is 525. The largest absolute Gasteiger partial charge is 0.446 e. The van der Waals surface area contributed by atoms with E-state index in [4.69, 9.17) is 4.12 Å². The summed E-state index contributed by atoms with van der Waals surface area (Å²) >= 11 is 0. The number of hydrogen-bond donors (Lipinski definition) is 0. The van der Waals surface area contributed by atoms with E-state index in [1.807, 2.05) is 5.70 Å². The first-order valence-electron chi connectivity index (χ1n) is 6.93. The molecule has 2 aromatic carbocycles. The highest BCUT2D eigenvalue weighted by molar-refractivity contribution is 7.02. The van der Waals surface area contributed by atoms with Crippen LogP contribution in [-0.2, 0) is 4.12 Å². The minimum Gasteiger partial charge on any atom is -0.446 e. The van der Waals surface area contributed by atoms with Gasteiger partial charge in [0, 0.05) is 0 Å². The van der Waals surface area contributed by atoms with Gasteiger partial charge in [-0.2, -0.15) is 0 Å². The van der Waals surface area contributed by atoms with Gasteiger partial charge in [-0.05, 0) is 30.0 Å². The van der Waals surface area contributed by atoms with Gasteiger partial charge in [0.15, 0.2) is 8.32 Å². The SMILES string of the molecule is C=C[Si](C)(C)O[Si](C)(c1ccccc1)c1ccccc1. The third-order valence-corrected chi connectivity index (χ3v) is 11.2. The summed E-state index contributed by atoms with van der Waals surface area (Å²) < 4.78 is 6.71. The Kier molecular flexibility index (Phi) is 4.43. The third-order valence-electron chi connectivity index (χ3n) is 3.61. The van der Waals surface area contributed by atoms with Gasteiger partial charge in [0.2, 0.25) is 8.32 Å². The molecule has 0 spiro atoms. The van der Waals surface area contributed by atoms with Crippen molar-refractivity contribution in [1.82, 2.24) is 0 Å². The lowest BCUT2D eigenvalue weighted by Gasteiger charge is -2.35. The summed E-state index contributed by atoms with van der Waals surface area (Å²) in [6, 6.07) is 21.2. The summed E-state index contributed by atoms with van der Waals surface area (Å²) in [5, 5.41) is 2.63. The van der Waals surface area contributed by atoms with Crippen LogP contribution in [0, 0.1) is 0 Å². The van der Waals surface area contributed by atoms with Crippen LogP contribution in [0.2, 0.25) is 19.6 Å². The van der Waals surface area contributed by atoms with E-state index in [1.54, 1.807) is 0 Å². The number of hydrogen-bond acceptors (Lipinski definition) is 1. The summed E-state index contributed by atoms with van der Waals surface area (Å²) in [5.41, 5.74) is 2.02. The van der Waals surface area contributed by atoms with Crippen LogP contribution in [0.1, 0.15) is 0 Å². The first-order chi connectivity index (χ1) is 9.48. The minimum absolute atomic E-state index is 1.31. The van der Waals surface area contributed by atoms with Gasteiger partial charge in [0.05, 0.1) is 0 Å². The molecule has 0 bridgehead atoms. The zero-order valence-corrected chi connectivity index (χ0v) is 14.5. The summed E-state index contributed by atoms with van der Waals surface area (Å²) in [6.45, 7) is 10.7. The second-order valence-corrected chi connectivity index (χ2v) is 13.3. The van der Waals surface area contributed by atoms with Gasteiger partial charge in [-0.15, -0.1) is 6.58 Å². The van der Waals surface area contributed by atoms with Crippen LogP contribution in [-0.4, -0.2) is 16.6 Å². The van der Waals surface area contributed by atoms with Crippen LogP contribution in [0.25, 0.3) is 0 Å². The molecular weight excluding hydrogens is 276 g/mol. The maximum absolute atomic E-state index is 6.71. The Morgan fingerprint density at radius 1 is 0.800 bits per heavy atom. The molecule has 0 aliphatic heterocycles. The molecule has 0 aliphatic rings. The fraction of sp³-hybridized carbons (Fsp3) is 0.176. The Hall–Kier alpha value is -1.43. The van der Waals surface area contributed by atoms with E-state index in [-0.39, 0.29) is 0 Å². The molecule has 2 aromatic rings. The molecule has 0 fully saturated rings. The quantitative estimate of drug-likeness (QED) is 0.770. The fourth-order valence-corrected chi connectivity index (χ4v) is 9.84. The van der Waals surface area contributed by atoms with E-state index in [2.05, 4.69) is 86.9 Å². The molecule has 1 nitrogen and oxygen atoms in total. The van der Waals surface area contributed by atoms with Crippen molar-refractivity contribution < 1.29 is 4.12 Å². The van der Waals surface area contributed by atoms with Crippen molar-refractivity contribution in [1.29, 1.82) is 0 Å². The molecule has 0 amide bonds. The van der Waals surface area contributed by atoms with Crippen LogP contribution < -0.4 is 10.4 Å². The standard InChI is InChI=1S/C17H22OSi2/c1-5-19(2,3)18-20(4,16-12-8-6-9-13-16)17-14-10-7-11-15-17/h5-15H,1H2,2-4H3. The van der Waals surface area contributed by atoms with Crippen LogP contribution in [0.3, 0.4) is 0 Å². The first kappa shape index (κ1) is 15.0. The average molecular weight is 299 g/mol. The molecule has 0 atom stereocenters. The van der Waals surface area contributed by atoms with Gasteiger partial charge in [-0.25, -0.2) is 0 Å². The first-order valence-corrected chi connectivity index (χ1v) is 12.3. The van der Waals surface area contributed by atoms with E-state index in [0.29, 0.717) is 0 Å². The monoisotopic (exact) mass is 298 g/mol. The molecule has 0 heterocycles. The lowest BCUT2D eigenvalue weighted by molar-refractivity contribution is 0.579. The Morgan fingerprint density at radius 2 is 1.20 bits per heavy atom. The summed E-state index contributed by atoms with van der Waals surface area (Å²) in [7, 11) is -4.02. The Balaban J connectivity index is 2.52. The maximum Gasteiger partial charge on any atom is 0.242 e. The molecule has 2 rings (SSSR count). The van der Waals surface area contributed by atoms with Gasteiger partial charge in [0.1, 0.15) is 0 Å². The number of rotatable bonds is 5. The van der Waals surface area contributed by atoms with Gasteiger partial charge in [-0.3, -0.25) is 0 Å². The van der Waals surface area contributed by atoms with Crippen LogP contribution in [0.5, 0.6) is 0 Å². The van der Waals surface area contributed by atoms with Gasteiger partial charge in [-0.1, -0.05) is 66.4 Å². The van der Waals surface area contributed by atoms with Crippen molar-refractivity contribution in [3.05, 3.63) is 72.9 Å². The van der Waals surface area contributed by atoms with Crippen molar-refractivity contribution >= 4 is 27.0 Å². The molecule has 104 valence electrons. The molecule has 0 saturated carbocycles. The molecule has 0 radical (unpaired) electrons. The Labute approximate surface area is 124 Å². The van der Waals surface area contributed by atoms with Crippen molar-refractivity contribution in [3.63, 3.8) is 0 Å². The number of benzene rings is 2. The van der Waals surface area contributed by atoms with E-state index in [0.717, 1.165) is 0 Å². The highest BCUT2D eigenvalue weighted by atomic mass is 28.4. The van der Waals surface area contributed by atoms with Gasteiger partial charge >= 0.3 is 0 Å². The lowest BCUT2D eigenvalue weighted by Crippen LogP contribution is -2.62. The molecule has 0 saturated heterocycles. The zero-order valence-electron chi connectivity index (χ0n) is 12.5. The highest BCUT2D eigenvalue weighted by Crippen LogP contribution is 2.16. The van der Waals surface area contributed by atoms with E-state index in [1.165, 1.54) is 10.4 Å². The second kappa shape index (κ2) is 5.91. The fourth-order valence-electron chi connectivity index (χ4n) is 2.36. The highest BCUT2D eigenvalue weighted by Gasteiger charge is 2.38. The molecule has 0 aromatic heterocycles. The normalized spacial score (nSPS) is 12.2. The topological polar surface area (TPSA) is 9.23 Å². The van der Waals surface area contributed by atoms with Gasteiger partial charge in [0.25, 0.3) is 0 Å². The van der Waals surface area contributed by atoms with Crippen LogP contribution in [0.15, 0.2) is 72.9 Å². The van der Waals surface area contributed by atoms with Crippen molar-refractivity contribution in [2.24, 2.45) is 0 Å². The lowest BCUT2D eigenvalue weighted by atomic mass is 10.4. The molecule has 0 aliphatic carbocycles. The predicted molar refractivity (Wildman–Crippen MR) is 92.5 cm³/mol. The maximum atomic E-state index is 6.71. The molecule has 0 unspecified atom stereocenters. The van der Waals surface area contributed by atoms with E-state index in [9.17, 15) is 0 Å². The summed E-state index contributed by atoms with van der Waals surface area (Å²) in [5.74, 6) is 0. The Morgan fingerprint density at radius 3 is 1.55 bits per heavy atom. The van der Waals surface area contributed by atoms with E-state index < -0.39 is 16.6 Å². The van der Waals surface area contributed by atoms with E-state index >= 15 is 0 Å². The van der Waals surface area contributed by atoms with Crippen LogP contribution in [0.4, 0.5) is 0 Å². The van der Waals surface area contributed by atoms with Gasteiger partial charge < -0.3 is 4.12 Å². The summed E-state index contributed by atoms with van der Waals surface area (Å²) in [4.78, 5) is 0. The van der Waals surface area contributed by atoms with Crippen molar-refractivity contribution in [2.75, 3.05) is 0 Å². The molecule has 0 N–H and O–H groups in total. The summed E-state index contributed by atoms with van der Waals surface area (Å²) in [6.07, 6.45) is 0. The zero-order chi connectivity index (χ0) is 14.6. The second-order valence-electron chi connectivity index (χ2n) is 5.67. The molecule has 20 heavy (non-hydrogen) atoms. The van der Waals surface area contributed by atoms with Crippen molar-refractivity contribution in [2.45, 2.75) is 19.6 Å². The predicted octanol–water partition coefficient (Wildman–Crippen LogP) is 3.32. The smallest absolute Gasteiger partial charge is 0.242 e.